The van der Waals surface area contributed by atoms with E-state index in [1.807, 2.05) is 0 Å². The summed E-state index contributed by atoms with van der Waals surface area (Å²) in [5.41, 5.74) is 6.47. The summed E-state index contributed by atoms with van der Waals surface area (Å²) in [4.78, 5) is 5.48. The molecule has 3 fully saturated rings. The van der Waals surface area contributed by atoms with Crippen LogP contribution in [0.2, 0.25) is 0 Å². The largest absolute Gasteiger partial charge is 0.327 e. The maximum Gasteiger partial charge on any atom is 0.0224 e. The molecule has 0 aromatic rings. The highest BCUT2D eigenvalue weighted by molar-refractivity contribution is 4.93. The van der Waals surface area contributed by atoms with E-state index < -0.39 is 0 Å². The maximum atomic E-state index is 6.47. The van der Waals surface area contributed by atoms with Crippen molar-refractivity contribution in [2.24, 2.45) is 23.5 Å². The van der Waals surface area contributed by atoms with Crippen molar-refractivity contribution in [1.82, 2.24) is 9.80 Å². The SMILES string of the molecule is CC(C)C1CCC(N)C(CN2CC3CCCN3CC2C)C1. The molecule has 2 saturated heterocycles. The Morgan fingerprint density at radius 2 is 1.95 bits per heavy atom. The number of piperazine rings is 1. The van der Waals surface area contributed by atoms with E-state index >= 15 is 0 Å². The summed E-state index contributed by atoms with van der Waals surface area (Å²) in [6, 6.07) is 1.99. The van der Waals surface area contributed by atoms with E-state index in [1.165, 1.54) is 58.3 Å². The molecule has 0 amide bonds. The second kappa shape index (κ2) is 6.55. The van der Waals surface area contributed by atoms with Gasteiger partial charge in [0.15, 0.2) is 0 Å². The molecule has 122 valence electrons. The Labute approximate surface area is 131 Å². The van der Waals surface area contributed by atoms with Crippen LogP contribution in [0.25, 0.3) is 0 Å². The fourth-order valence-electron chi connectivity index (χ4n) is 4.94. The van der Waals surface area contributed by atoms with E-state index in [1.54, 1.807) is 0 Å². The van der Waals surface area contributed by atoms with Crippen molar-refractivity contribution < 1.29 is 0 Å². The van der Waals surface area contributed by atoms with Gasteiger partial charge in [-0.15, -0.1) is 0 Å². The normalized spacial score (nSPS) is 42.4. The molecule has 2 heterocycles. The average molecular weight is 293 g/mol. The molecule has 2 aliphatic heterocycles. The Balaban J connectivity index is 1.59. The van der Waals surface area contributed by atoms with Gasteiger partial charge in [-0.2, -0.15) is 0 Å². The Hall–Kier alpha value is -0.120. The van der Waals surface area contributed by atoms with Crippen LogP contribution < -0.4 is 5.73 Å². The summed E-state index contributed by atoms with van der Waals surface area (Å²) < 4.78 is 0. The van der Waals surface area contributed by atoms with Crippen LogP contribution in [-0.2, 0) is 0 Å². The Morgan fingerprint density at radius 3 is 2.71 bits per heavy atom. The molecule has 5 atom stereocenters. The first kappa shape index (κ1) is 15.8. The van der Waals surface area contributed by atoms with Gasteiger partial charge in [0.2, 0.25) is 0 Å². The Morgan fingerprint density at radius 1 is 1.14 bits per heavy atom. The fraction of sp³-hybridized carbons (Fsp3) is 1.00. The molecule has 0 aromatic carbocycles. The van der Waals surface area contributed by atoms with Gasteiger partial charge in [0, 0.05) is 37.8 Å². The van der Waals surface area contributed by atoms with E-state index in [4.69, 9.17) is 5.73 Å². The molecule has 21 heavy (non-hydrogen) atoms. The summed E-state index contributed by atoms with van der Waals surface area (Å²) >= 11 is 0. The van der Waals surface area contributed by atoms with Gasteiger partial charge in [-0.3, -0.25) is 9.80 Å². The monoisotopic (exact) mass is 293 g/mol. The smallest absolute Gasteiger partial charge is 0.0224 e. The van der Waals surface area contributed by atoms with Gasteiger partial charge in [-0.1, -0.05) is 13.8 Å². The van der Waals surface area contributed by atoms with E-state index in [9.17, 15) is 0 Å². The van der Waals surface area contributed by atoms with Gasteiger partial charge >= 0.3 is 0 Å². The minimum Gasteiger partial charge on any atom is -0.327 e. The third-order valence-corrected chi connectivity index (χ3v) is 6.56. The molecule has 3 aliphatic rings. The zero-order valence-electron chi connectivity index (χ0n) is 14.3. The minimum absolute atomic E-state index is 0.439. The van der Waals surface area contributed by atoms with Crippen molar-refractivity contribution in [1.29, 1.82) is 0 Å². The molecule has 0 aromatic heterocycles. The molecule has 0 spiro atoms. The maximum absolute atomic E-state index is 6.47. The molecule has 5 unspecified atom stereocenters. The van der Waals surface area contributed by atoms with Gasteiger partial charge in [-0.05, 0) is 63.3 Å². The zero-order valence-corrected chi connectivity index (χ0v) is 14.3. The molecule has 3 heteroatoms. The number of hydrogen-bond acceptors (Lipinski definition) is 3. The molecular weight excluding hydrogens is 258 g/mol. The van der Waals surface area contributed by atoms with E-state index in [-0.39, 0.29) is 0 Å². The molecule has 1 aliphatic carbocycles. The van der Waals surface area contributed by atoms with E-state index in [0.29, 0.717) is 12.1 Å². The second-order valence-corrected chi connectivity index (χ2v) is 8.33. The van der Waals surface area contributed by atoms with Crippen LogP contribution in [0.4, 0.5) is 0 Å². The predicted octanol–water partition coefficient (Wildman–Crippen LogP) is 2.55. The summed E-state index contributed by atoms with van der Waals surface area (Å²) in [6.45, 7) is 12.3. The topological polar surface area (TPSA) is 32.5 Å². The van der Waals surface area contributed by atoms with Gasteiger partial charge in [-0.25, -0.2) is 0 Å². The molecule has 3 rings (SSSR count). The van der Waals surface area contributed by atoms with Crippen LogP contribution in [0.1, 0.15) is 52.9 Å². The number of nitrogens with zero attached hydrogens (tertiary/aromatic N) is 2. The van der Waals surface area contributed by atoms with Crippen molar-refractivity contribution in [2.75, 3.05) is 26.2 Å². The van der Waals surface area contributed by atoms with Crippen molar-refractivity contribution in [3.05, 3.63) is 0 Å². The van der Waals surface area contributed by atoms with Gasteiger partial charge in [0.1, 0.15) is 0 Å². The molecule has 0 bridgehead atoms. The molecule has 2 N–H and O–H groups in total. The summed E-state index contributed by atoms with van der Waals surface area (Å²) in [5, 5.41) is 0. The summed E-state index contributed by atoms with van der Waals surface area (Å²) in [5.74, 6) is 2.45. The number of fused-ring (bicyclic) bond motifs is 1. The Bertz CT molecular complexity index is 339. The van der Waals surface area contributed by atoms with Crippen molar-refractivity contribution in [2.45, 2.75) is 71.0 Å². The number of rotatable bonds is 3. The predicted molar refractivity (Wildman–Crippen MR) is 89.3 cm³/mol. The third-order valence-electron chi connectivity index (χ3n) is 6.56. The van der Waals surface area contributed by atoms with Crippen LogP contribution >= 0.6 is 0 Å². The van der Waals surface area contributed by atoms with Crippen molar-refractivity contribution >= 4 is 0 Å². The molecular formula is C18H35N3. The lowest BCUT2D eigenvalue weighted by Crippen LogP contribution is -2.57. The minimum atomic E-state index is 0.439. The van der Waals surface area contributed by atoms with Crippen LogP contribution in [0.5, 0.6) is 0 Å². The lowest BCUT2D eigenvalue weighted by molar-refractivity contribution is 0.0336. The standard InChI is InChI=1S/C18H35N3/c1-13(2)15-6-7-18(19)16(9-15)11-21-12-17-5-4-8-20(17)10-14(21)3/h13-18H,4-12,19H2,1-3H3. The summed E-state index contributed by atoms with van der Waals surface area (Å²) in [7, 11) is 0. The highest BCUT2D eigenvalue weighted by Gasteiger charge is 2.37. The van der Waals surface area contributed by atoms with Gasteiger partial charge in [0.25, 0.3) is 0 Å². The van der Waals surface area contributed by atoms with Crippen LogP contribution in [0.3, 0.4) is 0 Å². The first-order valence-electron chi connectivity index (χ1n) is 9.28. The van der Waals surface area contributed by atoms with Gasteiger partial charge < -0.3 is 5.73 Å². The molecule has 1 saturated carbocycles. The zero-order chi connectivity index (χ0) is 15.0. The third kappa shape index (κ3) is 3.46. The number of nitrogens with two attached hydrogens (primary N) is 1. The van der Waals surface area contributed by atoms with Crippen molar-refractivity contribution in [3.63, 3.8) is 0 Å². The molecule has 3 nitrogen and oxygen atoms in total. The van der Waals surface area contributed by atoms with Crippen LogP contribution in [0, 0.1) is 17.8 Å². The van der Waals surface area contributed by atoms with Crippen molar-refractivity contribution in [3.8, 4) is 0 Å². The highest BCUT2D eigenvalue weighted by Crippen LogP contribution is 2.34. The molecule has 0 radical (unpaired) electrons. The first-order valence-corrected chi connectivity index (χ1v) is 9.28. The lowest BCUT2D eigenvalue weighted by Gasteiger charge is -2.46. The number of hydrogen-bond donors (Lipinski definition) is 1. The first-order chi connectivity index (χ1) is 10.0. The van der Waals surface area contributed by atoms with Crippen LogP contribution in [-0.4, -0.2) is 54.1 Å². The van der Waals surface area contributed by atoms with E-state index in [0.717, 1.165) is 23.8 Å². The van der Waals surface area contributed by atoms with Crippen LogP contribution in [0.15, 0.2) is 0 Å². The quantitative estimate of drug-likeness (QED) is 0.868. The fourth-order valence-corrected chi connectivity index (χ4v) is 4.94. The second-order valence-electron chi connectivity index (χ2n) is 8.33. The average Bonchev–Trinajstić information content (AvgIpc) is 2.88. The Kier molecular flexibility index (Phi) is 4.92. The lowest BCUT2D eigenvalue weighted by atomic mass is 9.73. The highest BCUT2D eigenvalue weighted by atomic mass is 15.3. The van der Waals surface area contributed by atoms with Gasteiger partial charge in [0.05, 0.1) is 0 Å². The van der Waals surface area contributed by atoms with E-state index in [2.05, 4.69) is 30.6 Å². The summed E-state index contributed by atoms with van der Waals surface area (Å²) in [6.07, 6.45) is 6.77.